The van der Waals surface area contributed by atoms with Gasteiger partial charge in [-0.15, -0.1) is 0 Å². The van der Waals surface area contributed by atoms with Crippen molar-refractivity contribution in [2.45, 2.75) is 64.2 Å². The van der Waals surface area contributed by atoms with E-state index in [9.17, 15) is 28.8 Å². The van der Waals surface area contributed by atoms with Gasteiger partial charge in [-0.2, -0.15) is 0 Å². The van der Waals surface area contributed by atoms with E-state index in [-0.39, 0.29) is 51.2 Å². The second-order valence-corrected chi connectivity index (χ2v) is 21.5. The largest absolute Gasteiger partial charge is 3.00 e. The molecular weight excluding hydrogens is 1270 g/mol. The smallest absolute Gasteiger partial charge is 0.854 e. The fourth-order valence-electron chi connectivity index (χ4n) is 9.38. The van der Waals surface area contributed by atoms with Gasteiger partial charge in [0.25, 0.3) is 0 Å². The average molecular weight is 1350 g/mol. The molecular formula is C80H72NiO12P2-3. The number of benzene rings is 6. The standard InChI is InChI=1S/6C12H10O.C8H12.Ni.2O3P/c6*13-12-9-5-4-8-11(12)10-6-2-1-3-7-10;1-2-4-6-8-7-5-3-1;;2*1-4(2)3/h6*1-8H,9H2;1-4H,5-8H2;;;/q;;;;;;;+3;2*-3/b;;;;;;3-1-,4-2-;;;. The molecule has 0 unspecified atom stereocenters. The van der Waals surface area contributed by atoms with Crippen molar-refractivity contribution in [1.82, 2.24) is 0 Å². The third kappa shape index (κ3) is 31.1. The first-order valence-electron chi connectivity index (χ1n) is 30.4. The molecule has 0 aromatic heterocycles. The summed E-state index contributed by atoms with van der Waals surface area (Å²) in [7, 11) is -6.74. The predicted octanol–water partition coefficient (Wildman–Crippen LogP) is 12.9. The van der Waals surface area contributed by atoms with E-state index >= 15 is 0 Å². The summed E-state index contributed by atoms with van der Waals surface area (Å²) in [6.45, 7) is 0. The van der Waals surface area contributed by atoms with E-state index in [4.69, 9.17) is 29.4 Å². The van der Waals surface area contributed by atoms with E-state index in [0.29, 0.717) is 38.5 Å². The van der Waals surface area contributed by atoms with Crippen LogP contribution in [-0.2, 0) is 45.3 Å². The minimum Gasteiger partial charge on any atom is -0.854 e. The van der Waals surface area contributed by atoms with Crippen molar-refractivity contribution >= 4 is 85.3 Å². The predicted molar refractivity (Wildman–Crippen MR) is 370 cm³/mol. The first-order chi connectivity index (χ1) is 45.7. The Labute approximate surface area is 569 Å². The zero-order valence-electron chi connectivity index (χ0n) is 52.2. The minimum absolute atomic E-state index is 0. The summed E-state index contributed by atoms with van der Waals surface area (Å²) in [5, 5.41) is 0. The second-order valence-electron chi connectivity index (χ2n) is 20.6. The summed E-state index contributed by atoms with van der Waals surface area (Å²) in [6, 6.07) is 58.6. The Balaban J connectivity index is 0.000000232. The zero-order chi connectivity index (χ0) is 67.4. The molecule has 95 heavy (non-hydrogen) atoms. The Morgan fingerprint density at radius 3 is 0.505 bits per heavy atom. The SMILES string of the molecule is C1=C\CCCC\C=C/1.O=C1CC=CC=C1c1ccccc1.O=C1CC=CC=C1c1ccccc1.O=C1CC=CC=C1c1ccccc1.O=C1CC=CC=C1c1ccccc1.O=C1CC=CC=C1c1ccccc1.O=C1CC=CC=C1c1ccccc1.[Ni+3].[O-]P([O-])[O-].[O-]P([O-])[O-]. The van der Waals surface area contributed by atoms with Crippen molar-refractivity contribution in [2.75, 3.05) is 0 Å². The molecule has 0 fully saturated rings. The summed E-state index contributed by atoms with van der Waals surface area (Å²) in [5.41, 5.74) is 11.0. The van der Waals surface area contributed by atoms with Crippen molar-refractivity contribution in [2.24, 2.45) is 0 Å². The van der Waals surface area contributed by atoms with Gasteiger partial charge in [0.2, 0.25) is 0 Å². The van der Waals surface area contributed by atoms with Crippen LogP contribution in [0.2, 0.25) is 0 Å². The van der Waals surface area contributed by atoms with E-state index in [1.165, 1.54) is 25.7 Å². The van der Waals surface area contributed by atoms with Crippen LogP contribution in [0.3, 0.4) is 0 Å². The Morgan fingerprint density at radius 2 is 0.368 bits per heavy atom. The van der Waals surface area contributed by atoms with Crippen LogP contribution in [-0.4, -0.2) is 34.7 Å². The van der Waals surface area contributed by atoms with Crippen molar-refractivity contribution in [3.8, 4) is 0 Å². The van der Waals surface area contributed by atoms with Gasteiger partial charge in [0.1, 0.15) is 0 Å². The van der Waals surface area contributed by atoms with Gasteiger partial charge in [-0.25, -0.2) is 0 Å². The third-order valence-corrected chi connectivity index (χ3v) is 13.9. The van der Waals surface area contributed by atoms with Gasteiger partial charge in [-0.05, 0) is 59.1 Å². The Morgan fingerprint density at radius 1 is 0.221 bits per heavy atom. The van der Waals surface area contributed by atoms with Crippen LogP contribution in [0, 0.1) is 0 Å². The van der Waals surface area contributed by atoms with Crippen molar-refractivity contribution in [3.63, 3.8) is 0 Å². The summed E-state index contributed by atoms with van der Waals surface area (Å²) < 4.78 is 0. The van der Waals surface area contributed by atoms with E-state index in [0.717, 1.165) is 66.8 Å². The Hall–Kier alpha value is -9.19. The number of allylic oxidation sites excluding steroid dienone is 28. The maximum absolute atomic E-state index is 11.5. The summed E-state index contributed by atoms with van der Waals surface area (Å²) in [5.74, 6) is 1.22. The molecule has 6 aromatic rings. The molecule has 6 aromatic carbocycles. The number of carbonyl (C=O) groups is 6. The molecule has 15 heteroatoms. The molecule has 487 valence electrons. The molecule has 0 spiro atoms. The molecule has 7 aliphatic rings. The second kappa shape index (κ2) is 46.8. The Bertz CT molecular complexity index is 3210. The van der Waals surface area contributed by atoms with E-state index in [1.807, 2.05) is 291 Å². The van der Waals surface area contributed by atoms with Crippen molar-refractivity contribution < 1.29 is 74.6 Å². The fraction of sp³-hybridized carbons (Fsp3) is 0.125. The molecule has 0 aliphatic heterocycles. The molecule has 0 saturated heterocycles. The quantitative estimate of drug-likeness (QED) is 0.112. The number of carbonyl (C=O) groups excluding carboxylic acids is 6. The number of ketones is 6. The van der Waals surface area contributed by atoms with Gasteiger partial charge in [0.05, 0.1) is 0 Å². The van der Waals surface area contributed by atoms with Crippen molar-refractivity contribution in [3.05, 3.63) is 349 Å². The molecule has 0 atom stereocenters. The Kier molecular flexibility index (Phi) is 38.6. The van der Waals surface area contributed by atoms with Gasteiger partial charge in [0.15, 0.2) is 34.7 Å². The normalized spacial score (nSPS) is 16.0. The van der Waals surface area contributed by atoms with Crippen molar-refractivity contribution in [1.29, 1.82) is 0 Å². The molecule has 12 nitrogen and oxygen atoms in total. The molecule has 0 N–H and O–H groups in total. The van der Waals surface area contributed by atoms with Crippen LogP contribution >= 0.6 is 17.2 Å². The van der Waals surface area contributed by atoms with E-state index in [2.05, 4.69) is 24.3 Å². The zero-order valence-corrected chi connectivity index (χ0v) is 55.0. The van der Waals surface area contributed by atoms with Gasteiger partial charge in [-0.3, -0.25) is 28.8 Å². The van der Waals surface area contributed by atoms with Gasteiger partial charge in [0, 0.05) is 72.0 Å². The number of rotatable bonds is 6. The summed E-state index contributed by atoms with van der Waals surface area (Å²) in [4.78, 5) is 120. The molecule has 0 saturated carbocycles. The molecule has 0 amide bonds. The molecule has 7 aliphatic carbocycles. The van der Waals surface area contributed by atoms with Crippen LogP contribution in [0.15, 0.2) is 316 Å². The van der Waals surface area contributed by atoms with Crippen LogP contribution in [0.4, 0.5) is 0 Å². The monoisotopic (exact) mass is 1340 g/mol. The van der Waals surface area contributed by atoms with Crippen LogP contribution < -0.4 is 29.4 Å². The number of hydrogen-bond donors (Lipinski definition) is 0. The van der Waals surface area contributed by atoms with Crippen LogP contribution in [0.25, 0.3) is 33.4 Å². The fourth-order valence-corrected chi connectivity index (χ4v) is 9.38. The van der Waals surface area contributed by atoms with Gasteiger partial charge in [-0.1, -0.05) is 316 Å². The number of hydrogen-bond acceptors (Lipinski definition) is 12. The van der Waals surface area contributed by atoms with E-state index < -0.39 is 17.2 Å². The molecule has 0 bridgehead atoms. The molecule has 1 radical (unpaired) electrons. The summed E-state index contributed by atoms with van der Waals surface area (Å²) >= 11 is 0. The maximum Gasteiger partial charge on any atom is 3.00 e. The van der Waals surface area contributed by atoms with Crippen LogP contribution in [0.5, 0.6) is 0 Å². The first-order valence-corrected chi connectivity index (χ1v) is 32.6. The molecule has 13 rings (SSSR count). The minimum atomic E-state index is -3.37. The maximum atomic E-state index is 11.5. The third-order valence-electron chi connectivity index (χ3n) is 13.9. The summed E-state index contributed by atoms with van der Waals surface area (Å²) in [6.07, 6.45) is 51.3. The van der Waals surface area contributed by atoms with E-state index in [1.54, 1.807) is 0 Å². The average Bonchev–Trinajstić information content (AvgIpc) is 1.22. The van der Waals surface area contributed by atoms with Gasteiger partial charge < -0.3 is 46.6 Å². The first kappa shape index (κ1) is 78.3. The number of Topliss-reactive ketones (excluding diaryl/α,β-unsaturated/α-hetero) is 6. The van der Waals surface area contributed by atoms with Crippen LogP contribution in [0.1, 0.15) is 97.6 Å². The topological polar surface area (TPSA) is 241 Å². The van der Waals surface area contributed by atoms with Gasteiger partial charge >= 0.3 is 16.5 Å². The molecule has 0 heterocycles.